The molecule has 16 heavy (non-hydrogen) atoms. The van der Waals surface area contributed by atoms with Gasteiger partial charge >= 0.3 is 0 Å². The summed E-state index contributed by atoms with van der Waals surface area (Å²) >= 11 is 0. The van der Waals surface area contributed by atoms with Gasteiger partial charge in [-0.1, -0.05) is 6.42 Å². The maximum atomic E-state index is 11.0. The van der Waals surface area contributed by atoms with Crippen LogP contribution in [-0.4, -0.2) is 51.0 Å². The minimum absolute atomic E-state index is 0.304. The molecule has 5 heteroatoms. The summed E-state index contributed by atoms with van der Waals surface area (Å²) in [5, 5.41) is 0. The quantitative estimate of drug-likeness (QED) is 0.748. The van der Waals surface area contributed by atoms with Crippen molar-refractivity contribution in [2.24, 2.45) is 5.73 Å². The lowest BCUT2D eigenvalue weighted by molar-refractivity contribution is 0.142. The number of likely N-dealkylation sites (tertiary alicyclic amines) is 1. The van der Waals surface area contributed by atoms with Crippen molar-refractivity contribution in [1.82, 2.24) is 4.90 Å². The van der Waals surface area contributed by atoms with Crippen molar-refractivity contribution in [2.75, 3.05) is 31.6 Å². The molecule has 1 heterocycles. The summed E-state index contributed by atoms with van der Waals surface area (Å²) in [6.45, 7) is 2.74. The molecule has 0 aliphatic carbocycles. The molecule has 1 saturated heterocycles. The molecule has 0 aromatic heterocycles. The second kappa shape index (κ2) is 6.57. The number of nitrogens with zero attached hydrogens (tertiary/aromatic N) is 1. The third kappa shape index (κ3) is 5.27. The van der Waals surface area contributed by atoms with E-state index in [1.54, 1.807) is 0 Å². The van der Waals surface area contributed by atoms with E-state index < -0.39 is 9.84 Å². The number of sulfone groups is 1. The Morgan fingerprint density at radius 3 is 2.75 bits per heavy atom. The van der Waals surface area contributed by atoms with Gasteiger partial charge in [-0.05, 0) is 45.3 Å². The van der Waals surface area contributed by atoms with Crippen LogP contribution in [0, 0.1) is 0 Å². The summed E-state index contributed by atoms with van der Waals surface area (Å²) in [6, 6.07) is 0.582. The topological polar surface area (TPSA) is 63.4 Å². The third-order valence-corrected chi connectivity index (χ3v) is 4.24. The smallest absolute Gasteiger partial charge is 0.147 e. The summed E-state index contributed by atoms with van der Waals surface area (Å²) in [7, 11) is -2.81. The highest BCUT2D eigenvalue weighted by atomic mass is 32.2. The minimum atomic E-state index is -2.81. The number of nitrogens with two attached hydrogens (primary N) is 1. The predicted octanol–water partition coefficient (Wildman–Crippen LogP) is 0.624. The standard InChI is InChI=1S/C11H24N2O2S/c1-16(14,15)10-4-9-13-8-3-2-5-11(13)6-7-12/h11H,2-10,12H2,1H3. The summed E-state index contributed by atoms with van der Waals surface area (Å²) in [5.41, 5.74) is 5.60. The first-order valence-electron chi connectivity index (χ1n) is 6.15. The SMILES string of the molecule is CS(=O)(=O)CCCN1CCCCC1CCN. The molecule has 0 saturated carbocycles. The van der Waals surface area contributed by atoms with Crippen LogP contribution in [0.25, 0.3) is 0 Å². The Labute approximate surface area is 99.1 Å². The Kier molecular flexibility index (Phi) is 5.72. The zero-order chi connectivity index (χ0) is 12.0. The van der Waals surface area contributed by atoms with E-state index in [-0.39, 0.29) is 0 Å². The summed E-state index contributed by atoms with van der Waals surface area (Å²) in [5.74, 6) is 0.304. The van der Waals surface area contributed by atoms with Gasteiger partial charge in [-0.15, -0.1) is 0 Å². The van der Waals surface area contributed by atoms with E-state index in [1.165, 1.54) is 25.5 Å². The highest BCUT2D eigenvalue weighted by Crippen LogP contribution is 2.19. The lowest BCUT2D eigenvalue weighted by Crippen LogP contribution is -2.41. The van der Waals surface area contributed by atoms with Crippen LogP contribution in [0.2, 0.25) is 0 Å². The zero-order valence-electron chi connectivity index (χ0n) is 10.2. The molecule has 1 aliphatic rings. The highest BCUT2D eigenvalue weighted by molar-refractivity contribution is 7.90. The molecule has 1 aliphatic heterocycles. The molecule has 96 valence electrons. The third-order valence-electron chi connectivity index (χ3n) is 3.21. The van der Waals surface area contributed by atoms with Crippen LogP contribution in [0.1, 0.15) is 32.1 Å². The molecule has 0 bridgehead atoms. The lowest BCUT2D eigenvalue weighted by Gasteiger charge is -2.35. The predicted molar refractivity (Wildman–Crippen MR) is 67.2 cm³/mol. The molecular weight excluding hydrogens is 224 g/mol. The van der Waals surface area contributed by atoms with E-state index in [4.69, 9.17) is 5.73 Å². The molecule has 1 atom stereocenters. The fourth-order valence-corrected chi connectivity index (χ4v) is 3.06. The zero-order valence-corrected chi connectivity index (χ0v) is 11.0. The minimum Gasteiger partial charge on any atom is -0.330 e. The summed E-state index contributed by atoms with van der Waals surface area (Å²) in [4.78, 5) is 2.42. The lowest BCUT2D eigenvalue weighted by atomic mass is 9.99. The van der Waals surface area contributed by atoms with Gasteiger partial charge in [0.05, 0.1) is 5.75 Å². The maximum Gasteiger partial charge on any atom is 0.147 e. The Balaban J connectivity index is 2.32. The highest BCUT2D eigenvalue weighted by Gasteiger charge is 2.21. The van der Waals surface area contributed by atoms with Crippen molar-refractivity contribution in [2.45, 2.75) is 38.1 Å². The summed E-state index contributed by atoms with van der Waals surface area (Å²) < 4.78 is 22.1. The second-order valence-electron chi connectivity index (χ2n) is 4.75. The van der Waals surface area contributed by atoms with Gasteiger partial charge in [0.15, 0.2) is 0 Å². The molecule has 1 rings (SSSR count). The molecule has 2 N–H and O–H groups in total. The average molecular weight is 248 g/mol. The van der Waals surface area contributed by atoms with Crippen molar-refractivity contribution in [3.05, 3.63) is 0 Å². The van der Waals surface area contributed by atoms with Crippen LogP contribution in [0.3, 0.4) is 0 Å². The Morgan fingerprint density at radius 1 is 1.38 bits per heavy atom. The Morgan fingerprint density at radius 2 is 2.12 bits per heavy atom. The van der Waals surface area contributed by atoms with E-state index in [0.717, 1.165) is 32.5 Å². The van der Waals surface area contributed by atoms with Crippen LogP contribution < -0.4 is 5.73 Å². The van der Waals surface area contributed by atoms with Gasteiger partial charge < -0.3 is 10.6 Å². The van der Waals surface area contributed by atoms with Crippen LogP contribution in [-0.2, 0) is 9.84 Å². The van der Waals surface area contributed by atoms with Crippen molar-refractivity contribution < 1.29 is 8.42 Å². The van der Waals surface area contributed by atoms with Crippen molar-refractivity contribution in [1.29, 1.82) is 0 Å². The molecule has 0 aromatic carbocycles. The second-order valence-corrected chi connectivity index (χ2v) is 7.01. The molecule has 4 nitrogen and oxygen atoms in total. The fraction of sp³-hybridized carbons (Fsp3) is 1.00. The van der Waals surface area contributed by atoms with Gasteiger partial charge in [0, 0.05) is 12.3 Å². The largest absolute Gasteiger partial charge is 0.330 e. The van der Waals surface area contributed by atoms with Crippen molar-refractivity contribution in [3.63, 3.8) is 0 Å². The van der Waals surface area contributed by atoms with Crippen LogP contribution >= 0.6 is 0 Å². The van der Waals surface area contributed by atoms with Crippen LogP contribution in [0.4, 0.5) is 0 Å². The van der Waals surface area contributed by atoms with Crippen molar-refractivity contribution in [3.8, 4) is 0 Å². The molecule has 1 fully saturated rings. The first-order valence-corrected chi connectivity index (χ1v) is 8.21. The Hall–Kier alpha value is -0.130. The first kappa shape index (κ1) is 13.9. The van der Waals surface area contributed by atoms with Gasteiger partial charge in [-0.2, -0.15) is 0 Å². The van der Waals surface area contributed by atoms with E-state index >= 15 is 0 Å². The number of hydrogen-bond acceptors (Lipinski definition) is 4. The van der Waals surface area contributed by atoms with E-state index in [0.29, 0.717) is 11.8 Å². The number of rotatable bonds is 6. The number of piperidine rings is 1. The maximum absolute atomic E-state index is 11.0. The van der Waals surface area contributed by atoms with E-state index in [2.05, 4.69) is 4.90 Å². The van der Waals surface area contributed by atoms with Crippen molar-refractivity contribution >= 4 is 9.84 Å². The molecule has 0 amide bonds. The fourth-order valence-electron chi connectivity index (χ4n) is 2.40. The Bertz CT molecular complexity index is 288. The molecule has 1 unspecified atom stereocenters. The van der Waals surface area contributed by atoms with Crippen LogP contribution in [0.5, 0.6) is 0 Å². The molecular formula is C11H24N2O2S. The molecule has 0 spiro atoms. The summed E-state index contributed by atoms with van der Waals surface area (Å²) in [6.07, 6.45) is 6.84. The normalized spacial score (nSPS) is 23.5. The number of hydrogen-bond donors (Lipinski definition) is 1. The average Bonchev–Trinajstić information content (AvgIpc) is 2.19. The van der Waals surface area contributed by atoms with Gasteiger partial charge in [-0.25, -0.2) is 8.42 Å². The molecule has 0 radical (unpaired) electrons. The van der Waals surface area contributed by atoms with Gasteiger partial charge in [0.2, 0.25) is 0 Å². The monoisotopic (exact) mass is 248 g/mol. The van der Waals surface area contributed by atoms with E-state index in [1.807, 2.05) is 0 Å². The first-order chi connectivity index (χ1) is 7.53. The van der Waals surface area contributed by atoms with Gasteiger partial charge in [0.25, 0.3) is 0 Å². The van der Waals surface area contributed by atoms with Crippen LogP contribution in [0.15, 0.2) is 0 Å². The van der Waals surface area contributed by atoms with Gasteiger partial charge in [-0.3, -0.25) is 0 Å². The van der Waals surface area contributed by atoms with Gasteiger partial charge in [0.1, 0.15) is 9.84 Å². The van der Waals surface area contributed by atoms with E-state index in [9.17, 15) is 8.42 Å². The molecule has 0 aromatic rings.